The molecule has 0 fully saturated rings. The molecule has 2 amide bonds. The van der Waals surface area contributed by atoms with E-state index in [1.54, 1.807) is 28.6 Å². The van der Waals surface area contributed by atoms with Gasteiger partial charge in [-0.1, -0.05) is 0 Å². The molecule has 8 nitrogen and oxygen atoms in total. The van der Waals surface area contributed by atoms with Gasteiger partial charge in [-0.3, -0.25) is 19.5 Å². The molecule has 4 rings (SSSR count). The molecule has 0 saturated heterocycles. The summed E-state index contributed by atoms with van der Waals surface area (Å²) in [5, 5.41) is 5.75. The van der Waals surface area contributed by atoms with Crippen LogP contribution in [0.5, 0.6) is 0 Å². The monoisotopic (exact) mass is 484 g/mol. The lowest BCUT2D eigenvalue weighted by Crippen LogP contribution is -2.27. The van der Waals surface area contributed by atoms with Gasteiger partial charge >= 0.3 is 5.97 Å². The Morgan fingerprint density at radius 2 is 2.06 bits per heavy atom. The minimum Gasteiger partial charge on any atom is -0.455 e. The van der Waals surface area contributed by atoms with Gasteiger partial charge in [-0.2, -0.15) is 0 Å². The van der Waals surface area contributed by atoms with E-state index in [0.717, 1.165) is 36.1 Å². The van der Waals surface area contributed by atoms with Crippen molar-refractivity contribution in [2.24, 2.45) is 0 Å². The maximum Gasteiger partial charge on any atom is 0.341 e. The highest BCUT2D eigenvalue weighted by Gasteiger charge is 2.28. The molecule has 0 aliphatic heterocycles. The Morgan fingerprint density at radius 1 is 1.24 bits per heavy atom. The van der Waals surface area contributed by atoms with E-state index in [1.165, 1.54) is 35.8 Å². The van der Waals surface area contributed by atoms with Crippen LogP contribution in [0.3, 0.4) is 0 Å². The summed E-state index contributed by atoms with van der Waals surface area (Å²) in [6, 6.07) is 3.37. The molecule has 0 spiro atoms. The SMILES string of the molecule is CCN(C(C)=O)c1nc(COC(=O)c2c(NC(=O)c3cccnc3)sc3c2CCCC3)cs1. The second-order valence-corrected chi connectivity index (χ2v) is 9.51. The smallest absolute Gasteiger partial charge is 0.341 e. The number of rotatable bonds is 7. The number of aromatic nitrogens is 2. The number of carbonyl (C=O) groups is 3. The van der Waals surface area contributed by atoms with Crippen molar-refractivity contribution in [3.63, 3.8) is 0 Å². The molecule has 10 heteroatoms. The molecule has 0 atom stereocenters. The zero-order valence-electron chi connectivity index (χ0n) is 18.4. The summed E-state index contributed by atoms with van der Waals surface area (Å²) in [5.74, 6) is -0.887. The van der Waals surface area contributed by atoms with E-state index >= 15 is 0 Å². The molecule has 172 valence electrons. The van der Waals surface area contributed by atoms with Crippen LogP contribution >= 0.6 is 22.7 Å². The van der Waals surface area contributed by atoms with Crippen LogP contribution in [-0.4, -0.2) is 34.3 Å². The molecule has 3 aromatic rings. The fourth-order valence-corrected chi connectivity index (χ4v) is 5.92. The number of esters is 1. The van der Waals surface area contributed by atoms with E-state index in [4.69, 9.17) is 4.74 Å². The Balaban J connectivity index is 1.52. The van der Waals surface area contributed by atoms with E-state index in [0.29, 0.717) is 33.5 Å². The predicted molar refractivity (Wildman–Crippen MR) is 128 cm³/mol. The maximum atomic E-state index is 13.1. The van der Waals surface area contributed by atoms with Crippen LogP contribution in [0.25, 0.3) is 0 Å². The Bertz CT molecular complexity index is 1170. The fraction of sp³-hybridized carbons (Fsp3) is 0.348. The number of carbonyl (C=O) groups excluding carboxylic acids is 3. The topological polar surface area (TPSA) is 101 Å². The van der Waals surface area contributed by atoms with Crippen LogP contribution in [0, 0.1) is 0 Å². The Morgan fingerprint density at radius 3 is 2.79 bits per heavy atom. The van der Waals surface area contributed by atoms with Crippen molar-refractivity contribution in [3.05, 3.63) is 57.2 Å². The summed E-state index contributed by atoms with van der Waals surface area (Å²) in [5.41, 5.74) is 2.39. The van der Waals surface area contributed by atoms with Crippen LogP contribution in [0.2, 0.25) is 0 Å². The first-order valence-corrected chi connectivity index (χ1v) is 12.4. The van der Waals surface area contributed by atoms with E-state index in [1.807, 2.05) is 6.92 Å². The molecule has 0 radical (unpaired) electrons. The summed E-state index contributed by atoms with van der Waals surface area (Å²) in [7, 11) is 0. The lowest BCUT2D eigenvalue weighted by molar-refractivity contribution is -0.116. The van der Waals surface area contributed by atoms with E-state index in [2.05, 4.69) is 15.3 Å². The van der Waals surface area contributed by atoms with Gasteiger partial charge in [0.1, 0.15) is 11.6 Å². The highest BCUT2D eigenvalue weighted by Crippen LogP contribution is 2.39. The Hall–Kier alpha value is -3.11. The molecule has 1 N–H and O–H groups in total. The molecule has 33 heavy (non-hydrogen) atoms. The zero-order valence-corrected chi connectivity index (χ0v) is 20.1. The average Bonchev–Trinajstić information content (AvgIpc) is 3.42. The van der Waals surface area contributed by atoms with Crippen LogP contribution in [0.4, 0.5) is 10.1 Å². The number of nitrogens with zero attached hydrogens (tertiary/aromatic N) is 3. The van der Waals surface area contributed by atoms with Crippen molar-refractivity contribution in [1.82, 2.24) is 9.97 Å². The average molecular weight is 485 g/mol. The molecule has 1 aliphatic rings. The van der Waals surface area contributed by atoms with Crippen molar-refractivity contribution in [1.29, 1.82) is 0 Å². The van der Waals surface area contributed by atoms with Gasteiger partial charge < -0.3 is 10.1 Å². The summed E-state index contributed by atoms with van der Waals surface area (Å²) in [6.07, 6.45) is 6.81. The predicted octanol–water partition coefficient (Wildman–Crippen LogP) is 4.46. The Labute approximate surface area is 199 Å². The fourth-order valence-electron chi connectivity index (χ4n) is 3.73. The number of aryl methyl sites for hydroxylation is 1. The van der Waals surface area contributed by atoms with Gasteiger partial charge in [0.2, 0.25) is 5.91 Å². The third kappa shape index (κ3) is 5.12. The molecular weight excluding hydrogens is 460 g/mol. The van der Waals surface area contributed by atoms with Crippen LogP contribution in [0.15, 0.2) is 29.9 Å². The first-order chi connectivity index (χ1) is 16.0. The molecule has 1 aliphatic carbocycles. The van der Waals surface area contributed by atoms with E-state index in [-0.39, 0.29) is 18.4 Å². The molecule has 0 bridgehead atoms. The third-order valence-corrected chi connectivity index (χ3v) is 7.46. The first kappa shape index (κ1) is 23.1. The first-order valence-electron chi connectivity index (χ1n) is 10.7. The molecule has 0 saturated carbocycles. The number of hydrogen-bond donors (Lipinski definition) is 1. The van der Waals surface area contributed by atoms with Gasteiger partial charge in [0.15, 0.2) is 5.13 Å². The van der Waals surface area contributed by atoms with Crippen molar-refractivity contribution < 1.29 is 19.1 Å². The van der Waals surface area contributed by atoms with Gasteiger partial charge in [0.05, 0.1) is 16.8 Å². The van der Waals surface area contributed by atoms with E-state index < -0.39 is 5.97 Å². The van der Waals surface area contributed by atoms with Crippen molar-refractivity contribution in [3.8, 4) is 0 Å². The second kappa shape index (κ2) is 10.2. The number of nitrogens with one attached hydrogen (secondary N) is 1. The van der Waals surface area contributed by atoms with Crippen molar-refractivity contribution in [2.45, 2.75) is 46.1 Å². The molecule has 0 aromatic carbocycles. The number of pyridine rings is 1. The zero-order chi connectivity index (χ0) is 23.4. The Kier molecular flexibility index (Phi) is 7.14. The van der Waals surface area contributed by atoms with Gasteiger partial charge in [-0.15, -0.1) is 22.7 Å². The molecule has 0 unspecified atom stereocenters. The summed E-state index contributed by atoms with van der Waals surface area (Å²) < 4.78 is 5.60. The number of thiophene rings is 1. The number of ether oxygens (including phenoxy) is 1. The van der Waals surface area contributed by atoms with Gasteiger partial charge in [-0.05, 0) is 50.3 Å². The molecule has 3 aromatic heterocycles. The van der Waals surface area contributed by atoms with Gasteiger partial charge in [0, 0.05) is 36.1 Å². The minimum atomic E-state index is -0.482. The van der Waals surface area contributed by atoms with Crippen molar-refractivity contribution >= 4 is 50.6 Å². The highest BCUT2D eigenvalue weighted by atomic mass is 32.1. The standard InChI is InChI=1S/C23H24N4O4S2/c1-3-27(14(2)28)23-25-16(13-32-23)12-31-22(30)19-17-8-4-5-9-18(17)33-21(19)26-20(29)15-7-6-10-24-11-15/h6-7,10-11,13H,3-5,8-9,12H2,1-2H3,(H,26,29). The maximum absolute atomic E-state index is 13.1. The highest BCUT2D eigenvalue weighted by molar-refractivity contribution is 7.17. The number of thiazole rings is 1. The lowest BCUT2D eigenvalue weighted by atomic mass is 9.95. The van der Waals surface area contributed by atoms with E-state index in [9.17, 15) is 14.4 Å². The number of fused-ring (bicyclic) bond motifs is 1. The van der Waals surface area contributed by atoms with Gasteiger partial charge in [0.25, 0.3) is 5.91 Å². The number of anilines is 2. The lowest BCUT2D eigenvalue weighted by Gasteiger charge is -2.14. The minimum absolute atomic E-state index is 0.00853. The number of hydrogen-bond acceptors (Lipinski definition) is 8. The largest absolute Gasteiger partial charge is 0.455 e. The van der Waals surface area contributed by atoms with Gasteiger partial charge in [-0.25, -0.2) is 9.78 Å². The quantitative estimate of drug-likeness (QED) is 0.497. The molecule has 3 heterocycles. The number of amides is 2. The summed E-state index contributed by atoms with van der Waals surface area (Å²) >= 11 is 2.77. The molecular formula is C23H24N4O4S2. The van der Waals surface area contributed by atoms with Crippen LogP contribution < -0.4 is 10.2 Å². The normalized spacial score (nSPS) is 12.7. The van der Waals surface area contributed by atoms with Crippen LogP contribution in [-0.2, 0) is 29.0 Å². The van der Waals surface area contributed by atoms with Crippen LogP contribution in [0.1, 0.15) is 63.5 Å². The summed E-state index contributed by atoms with van der Waals surface area (Å²) in [4.78, 5) is 48.7. The third-order valence-electron chi connectivity index (χ3n) is 5.34. The van der Waals surface area contributed by atoms with Crippen molar-refractivity contribution in [2.75, 3.05) is 16.8 Å². The summed E-state index contributed by atoms with van der Waals surface area (Å²) in [6.45, 7) is 3.88. The second-order valence-electron chi connectivity index (χ2n) is 7.57.